The lowest BCUT2D eigenvalue weighted by molar-refractivity contribution is 0.0211. The van der Waals surface area contributed by atoms with Gasteiger partial charge in [0.15, 0.2) is 5.75 Å². The minimum absolute atomic E-state index is 0.359. The molecule has 4 nitrogen and oxygen atoms in total. The predicted molar refractivity (Wildman–Crippen MR) is 63.3 cm³/mol. The van der Waals surface area contributed by atoms with Crippen LogP contribution in [0.3, 0.4) is 0 Å². The molecule has 0 radical (unpaired) electrons. The number of nitrogens with two attached hydrogens (primary N) is 1. The van der Waals surface area contributed by atoms with E-state index in [9.17, 15) is 0 Å². The molecule has 82 valence electrons. The zero-order valence-corrected chi connectivity index (χ0v) is 10.0. The molecule has 1 aromatic carbocycles. The molecule has 1 aliphatic rings. The summed E-state index contributed by atoms with van der Waals surface area (Å²) in [6.45, 7) is 1.47. The van der Waals surface area contributed by atoms with E-state index in [-0.39, 0.29) is 0 Å². The predicted octanol–water partition coefficient (Wildman–Crippen LogP) is 1.85. The molecule has 1 aromatic rings. The van der Waals surface area contributed by atoms with Crippen molar-refractivity contribution in [2.45, 2.75) is 6.04 Å². The highest BCUT2D eigenvalue weighted by Crippen LogP contribution is 2.37. The first-order valence-electron chi connectivity index (χ1n) is 4.68. The molecule has 0 bridgehead atoms. The van der Waals surface area contributed by atoms with Crippen molar-refractivity contribution < 1.29 is 9.47 Å². The molecule has 1 saturated heterocycles. The highest BCUT2D eigenvalue weighted by Gasteiger charge is 2.20. The lowest BCUT2D eigenvalue weighted by atomic mass is 10.2. The molecule has 1 fully saturated rings. The summed E-state index contributed by atoms with van der Waals surface area (Å²) in [5.41, 5.74) is 7.48. The van der Waals surface area contributed by atoms with Crippen LogP contribution >= 0.6 is 15.9 Å². The Labute approximate surface area is 96.9 Å². The van der Waals surface area contributed by atoms with Crippen LogP contribution in [-0.2, 0) is 4.74 Å². The summed E-state index contributed by atoms with van der Waals surface area (Å²) < 4.78 is 11.1. The molecule has 2 rings (SSSR count). The van der Waals surface area contributed by atoms with Gasteiger partial charge >= 0.3 is 0 Å². The third kappa shape index (κ3) is 2.03. The summed E-state index contributed by atoms with van der Waals surface area (Å²) in [6.07, 6.45) is 0. The van der Waals surface area contributed by atoms with E-state index >= 15 is 0 Å². The lowest BCUT2D eigenvalue weighted by Crippen LogP contribution is -2.40. The number of benzene rings is 1. The first kappa shape index (κ1) is 10.6. The van der Waals surface area contributed by atoms with Crippen LogP contribution in [0.25, 0.3) is 0 Å². The summed E-state index contributed by atoms with van der Waals surface area (Å²) in [5.74, 6) is 0.667. The molecule has 1 aliphatic heterocycles. The largest absolute Gasteiger partial charge is 0.493 e. The molecular weight excluding hydrogens is 260 g/mol. The molecule has 0 saturated carbocycles. The third-order valence-corrected chi connectivity index (χ3v) is 2.97. The fraction of sp³-hybridized carbons (Fsp3) is 0.400. The maximum absolute atomic E-state index is 5.96. The Hall–Kier alpha value is -0.940. The van der Waals surface area contributed by atoms with E-state index in [2.05, 4.69) is 21.2 Å². The average Bonchev–Trinajstić information content (AvgIpc) is 2.15. The van der Waals surface area contributed by atoms with Gasteiger partial charge in [0.05, 0.1) is 42.2 Å². The summed E-state index contributed by atoms with van der Waals surface area (Å²) >= 11 is 3.38. The Balaban J connectivity index is 2.23. The number of methoxy groups -OCH3 is 1. The van der Waals surface area contributed by atoms with Crippen LogP contribution in [0.15, 0.2) is 16.6 Å². The first-order valence-corrected chi connectivity index (χ1v) is 5.48. The van der Waals surface area contributed by atoms with Crippen LogP contribution in [0.5, 0.6) is 5.75 Å². The first-order chi connectivity index (χ1) is 7.22. The van der Waals surface area contributed by atoms with Gasteiger partial charge in [-0.15, -0.1) is 0 Å². The van der Waals surface area contributed by atoms with E-state index < -0.39 is 0 Å². The van der Waals surface area contributed by atoms with Crippen molar-refractivity contribution in [1.29, 1.82) is 0 Å². The second-order valence-corrected chi connectivity index (χ2v) is 4.27. The molecule has 0 spiro atoms. The Morgan fingerprint density at radius 3 is 2.80 bits per heavy atom. The van der Waals surface area contributed by atoms with Crippen molar-refractivity contribution in [1.82, 2.24) is 0 Å². The van der Waals surface area contributed by atoms with Crippen molar-refractivity contribution >= 4 is 27.3 Å². The number of rotatable bonds is 3. The fourth-order valence-corrected chi connectivity index (χ4v) is 1.95. The minimum Gasteiger partial charge on any atom is -0.493 e. The van der Waals surface area contributed by atoms with Crippen molar-refractivity contribution in [3.05, 3.63) is 16.6 Å². The van der Waals surface area contributed by atoms with Crippen LogP contribution in [0.2, 0.25) is 0 Å². The van der Waals surface area contributed by atoms with Crippen LogP contribution in [0.1, 0.15) is 0 Å². The quantitative estimate of drug-likeness (QED) is 0.825. The van der Waals surface area contributed by atoms with Crippen molar-refractivity contribution in [3.63, 3.8) is 0 Å². The molecule has 1 heterocycles. The summed E-state index contributed by atoms with van der Waals surface area (Å²) in [5, 5.41) is 3.30. The SMILES string of the molecule is COc1c(Br)ccc(NC2COC2)c1N. The molecule has 15 heavy (non-hydrogen) atoms. The van der Waals surface area contributed by atoms with Gasteiger partial charge in [0, 0.05) is 0 Å². The third-order valence-electron chi connectivity index (χ3n) is 2.35. The molecule has 5 heteroatoms. The molecule has 0 amide bonds. The van der Waals surface area contributed by atoms with E-state index in [1.165, 1.54) is 0 Å². The maximum Gasteiger partial charge on any atom is 0.158 e. The van der Waals surface area contributed by atoms with E-state index in [0.717, 1.165) is 23.4 Å². The fourth-order valence-electron chi connectivity index (χ4n) is 1.45. The van der Waals surface area contributed by atoms with Gasteiger partial charge in [-0.25, -0.2) is 0 Å². The second-order valence-electron chi connectivity index (χ2n) is 3.42. The molecule has 0 unspecified atom stereocenters. The number of ether oxygens (including phenoxy) is 2. The van der Waals surface area contributed by atoms with Crippen molar-refractivity contribution in [2.24, 2.45) is 0 Å². The summed E-state index contributed by atoms with van der Waals surface area (Å²) in [6, 6.07) is 4.20. The highest BCUT2D eigenvalue weighted by atomic mass is 79.9. The van der Waals surface area contributed by atoms with E-state index in [0.29, 0.717) is 17.5 Å². The summed E-state index contributed by atoms with van der Waals surface area (Å²) in [4.78, 5) is 0. The summed E-state index contributed by atoms with van der Waals surface area (Å²) in [7, 11) is 1.60. The number of anilines is 2. The smallest absolute Gasteiger partial charge is 0.158 e. The minimum atomic E-state index is 0.359. The van der Waals surface area contributed by atoms with Crippen LogP contribution in [0, 0.1) is 0 Å². The zero-order chi connectivity index (χ0) is 10.8. The van der Waals surface area contributed by atoms with Gasteiger partial charge in [0.2, 0.25) is 0 Å². The molecular formula is C10H13BrN2O2. The van der Waals surface area contributed by atoms with Crippen molar-refractivity contribution in [2.75, 3.05) is 31.4 Å². The van der Waals surface area contributed by atoms with Gasteiger partial charge in [-0.3, -0.25) is 0 Å². The topological polar surface area (TPSA) is 56.5 Å². The lowest BCUT2D eigenvalue weighted by Gasteiger charge is -2.28. The molecule has 0 aliphatic carbocycles. The Morgan fingerprint density at radius 2 is 2.27 bits per heavy atom. The Bertz CT molecular complexity index is 367. The van der Waals surface area contributed by atoms with E-state index in [4.69, 9.17) is 15.2 Å². The molecule has 0 aromatic heterocycles. The van der Waals surface area contributed by atoms with Gasteiger partial charge in [0.1, 0.15) is 0 Å². The maximum atomic E-state index is 5.96. The number of halogens is 1. The van der Waals surface area contributed by atoms with Crippen LogP contribution in [-0.4, -0.2) is 26.4 Å². The number of hydrogen-bond acceptors (Lipinski definition) is 4. The second kappa shape index (κ2) is 4.28. The highest BCUT2D eigenvalue weighted by molar-refractivity contribution is 9.10. The Kier molecular flexibility index (Phi) is 3.02. The van der Waals surface area contributed by atoms with Gasteiger partial charge < -0.3 is 20.5 Å². The van der Waals surface area contributed by atoms with Crippen molar-refractivity contribution in [3.8, 4) is 5.75 Å². The van der Waals surface area contributed by atoms with Gasteiger partial charge in [-0.2, -0.15) is 0 Å². The monoisotopic (exact) mass is 272 g/mol. The van der Waals surface area contributed by atoms with Crippen LogP contribution in [0.4, 0.5) is 11.4 Å². The molecule has 3 N–H and O–H groups in total. The normalized spacial score (nSPS) is 15.9. The molecule has 0 atom stereocenters. The number of nitrogen functional groups attached to an aromatic ring is 1. The zero-order valence-electron chi connectivity index (χ0n) is 8.42. The number of hydrogen-bond donors (Lipinski definition) is 2. The van der Waals surface area contributed by atoms with E-state index in [1.54, 1.807) is 7.11 Å². The van der Waals surface area contributed by atoms with E-state index in [1.807, 2.05) is 12.1 Å². The Morgan fingerprint density at radius 1 is 1.53 bits per heavy atom. The van der Waals surface area contributed by atoms with Gasteiger partial charge in [0.25, 0.3) is 0 Å². The standard InChI is InChI=1S/C10H13BrN2O2/c1-14-10-7(11)2-3-8(9(10)12)13-6-4-15-5-6/h2-3,6,13H,4-5,12H2,1H3. The van der Waals surface area contributed by atoms with Crippen LogP contribution < -0.4 is 15.8 Å². The van der Waals surface area contributed by atoms with Gasteiger partial charge in [-0.05, 0) is 28.1 Å². The number of nitrogens with one attached hydrogen (secondary N) is 1. The average molecular weight is 273 g/mol. The van der Waals surface area contributed by atoms with Gasteiger partial charge in [-0.1, -0.05) is 0 Å².